The molecule has 5 nitrogen and oxygen atoms in total. The van der Waals surface area contributed by atoms with Gasteiger partial charge < -0.3 is 5.73 Å². The van der Waals surface area contributed by atoms with Crippen LogP contribution < -0.4 is 5.73 Å². The monoisotopic (exact) mass is 155 g/mol. The number of hydrogen-bond acceptors (Lipinski definition) is 4. The van der Waals surface area contributed by atoms with Gasteiger partial charge in [0.15, 0.2) is 5.82 Å². The first-order valence-corrected chi connectivity index (χ1v) is 3.51. The van der Waals surface area contributed by atoms with Crippen LogP contribution in [0.5, 0.6) is 0 Å². The van der Waals surface area contributed by atoms with E-state index >= 15 is 0 Å². The van der Waals surface area contributed by atoms with E-state index in [4.69, 9.17) is 5.73 Å². The molecule has 0 aliphatic carbocycles. The Bertz CT molecular complexity index is 209. The molecule has 1 atom stereocenters. The van der Waals surface area contributed by atoms with Crippen LogP contribution in [-0.4, -0.2) is 20.6 Å². The molecule has 0 bridgehead atoms. The summed E-state index contributed by atoms with van der Waals surface area (Å²) in [7, 11) is 0. The predicted molar refractivity (Wildman–Crippen MR) is 40.6 cm³/mol. The third-order valence-corrected chi connectivity index (χ3v) is 1.57. The van der Waals surface area contributed by atoms with Crippen molar-refractivity contribution in [1.82, 2.24) is 20.6 Å². The fourth-order valence-corrected chi connectivity index (χ4v) is 0.689. The lowest BCUT2D eigenvalue weighted by molar-refractivity contribution is 0.315. The highest BCUT2D eigenvalue weighted by Gasteiger charge is 2.25. The van der Waals surface area contributed by atoms with Gasteiger partial charge in [-0.1, -0.05) is 26.0 Å². The van der Waals surface area contributed by atoms with Crippen LogP contribution in [0, 0.1) is 5.41 Å². The highest BCUT2D eigenvalue weighted by Crippen LogP contribution is 2.27. The molecule has 62 valence electrons. The first-order valence-electron chi connectivity index (χ1n) is 3.51. The summed E-state index contributed by atoms with van der Waals surface area (Å²) in [5.74, 6) is 0.567. The van der Waals surface area contributed by atoms with Crippen LogP contribution in [0.3, 0.4) is 0 Å². The summed E-state index contributed by atoms with van der Waals surface area (Å²) in [6.45, 7) is 6.11. The Labute approximate surface area is 65.4 Å². The number of nitrogens with two attached hydrogens (primary N) is 1. The average molecular weight is 155 g/mol. The molecule has 0 aromatic carbocycles. The molecule has 0 amide bonds. The van der Waals surface area contributed by atoms with Crippen LogP contribution in [0.2, 0.25) is 0 Å². The number of H-pyrrole nitrogens is 1. The lowest BCUT2D eigenvalue weighted by Crippen LogP contribution is -2.27. The Hall–Kier alpha value is -0.970. The number of aromatic nitrogens is 4. The van der Waals surface area contributed by atoms with Crippen molar-refractivity contribution in [1.29, 1.82) is 0 Å². The van der Waals surface area contributed by atoms with E-state index in [1.165, 1.54) is 0 Å². The maximum Gasteiger partial charge on any atom is 0.191 e. The first-order chi connectivity index (χ1) is 5.02. The second-order valence-corrected chi connectivity index (χ2v) is 3.61. The second kappa shape index (κ2) is 2.58. The number of hydrogen-bond donors (Lipinski definition) is 2. The van der Waals surface area contributed by atoms with Crippen molar-refractivity contribution in [3.63, 3.8) is 0 Å². The molecule has 5 heteroatoms. The zero-order valence-electron chi connectivity index (χ0n) is 7.00. The molecule has 0 fully saturated rings. The van der Waals surface area contributed by atoms with Crippen molar-refractivity contribution >= 4 is 0 Å². The Kier molecular flexibility index (Phi) is 1.90. The van der Waals surface area contributed by atoms with Gasteiger partial charge in [-0.05, 0) is 5.41 Å². The van der Waals surface area contributed by atoms with Gasteiger partial charge in [0, 0.05) is 0 Å². The first kappa shape index (κ1) is 8.13. The van der Waals surface area contributed by atoms with E-state index in [-0.39, 0.29) is 11.5 Å². The van der Waals surface area contributed by atoms with Gasteiger partial charge >= 0.3 is 0 Å². The summed E-state index contributed by atoms with van der Waals surface area (Å²) < 4.78 is 0. The molecule has 1 rings (SSSR count). The van der Waals surface area contributed by atoms with E-state index in [2.05, 4.69) is 20.6 Å². The van der Waals surface area contributed by atoms with Crippen LogP contribution in [0.15, 0.2) is 0 Å². The summed E-state index contributed by atoms with van der Waals surface area (Å²) in [6, 6.07) is -0.166. The SMILES string of the molecule is CC(C)(C)C(N)c1nn[nH]n1. The molecule has 1 aromatic heterocycles. The summed E-state index contributed by atoms with van der Waals surface area (Å²) in [5, 5.41) is 13.4. The predicted octanol–water partition coefficient (Wildman–Crippen LogP) is 0.246. The highest BCUT2D eigenvalue weighted by atomic mass is 15.5. The minimum atomic E-state index is -0.166. The van der Waals surface area contributed by atoms with Gasteiger partial charge in [-0.2, -0.15) is 5.21 Å². The van der Waals surface area contributed by atoms with Gasteiger partial charge in [-0.15, -0.1) is 10.2 Å². The maximum absolute atomic E-state index is 5.83. The van der Waals surface area contributed by atoms with Gasteiger partial charge in [0.25, 0.3) is 0 Å². The van der Waals surface area contributed by atoms with E-state index in [0.29, 0.717) is 5.82 Å². The fraction of sp³-hybridized carbons (Fsp3) is 0.833. The van der Waals surface area contributed by atoms with Crippen molar-refractivity contribution in [2.45, 2.75) is 26.8 Å². The van der Waals surface area contributed by atoms with Gasteiger partial charge in [0.1, 0.15) is 0 Å². The number of nitrogens with one attached hydrogen (secondary N) is 1. The average Bonchev–Trinajstić information content (AvgIpc) is 2.34. The van der Waals surface area contributed by atoms with E-state index < -0.39 is 0 Å². The number of nitrogens with zero attached hydrogens (tertiary/aromatic N) is 3. The molecule has 3 N–H and O–H groups in total. The Morgan fingerprint density at radius 3 is 2.45 bits per heavy atom. The molecule has 0 saturated heterocycles. The number of aromatic amines is 1. The molecule has 1 heterocycles. The smallest absolute Gasteiger partial charge is 0.191 e. The standard InChI is InChI=1S/C6H13N5/c1-6(2,3)4(7)5-8-10-11-9-5/h4H,7H2,1-3H3,(H,8,9,10,11). The van der Waals surface area contributed by atoms with Crippen LogP contribution in [0.1, 0.15) is 32.6 Å². The largest absolute Gasteiger partial charge is 0.321 e. The Morgan fingerprint density at radius 1 is 1.45 bits per heavy atom. The van der Waals surface area contributed by atoms with Crippen molar-refractivity contribution in [3.8, 4) is 0 Å². The van der Waals surface area contributed by atoms with Crippen LogP contribution >= 0.6 is 0 Å². The zero-order valence-corrected chi connectivity index (χ0v) is 7.00. The van der Waals surface area contributed by atoms with Gasteiger partial charge in [0.2, 0.25) is 0 Å². The maximum atomic E-state index is 5.83. The number of tetrazole rings is 1. The third kappa shape index (κ3) is 1.74. The lowest BCUT2D eigenvalue weighted by atomic mass is 9.87. The Balaban J connectivity index is 2.78. The minimum absolute atomic E-state index is 0.0239. The van der Waals surface area contributed by atoms with E-state index in [0.717, 1.165) is 0 Å². The molecule has 0 spiro atoms. The highest BCUT2D eigenvalue weighted by molar-refractivity contribution is 4.93. The molecule has 0 aliphatic rings. The molecular formula is C6H13N5. The summed E-state index contributed by atoms with van der Waals surface area (Å²) in [5.41, 5.74) is 5.81. The molecule has 1 unspecified atom stereocenters. The van der Waals surface area contributed by atoms with E-state index in [1.807, 2.05) is 20.8 Å². The summed E-state index contributed by atoms with van der Waals surface area (Å²) in [4.78, 5) is 0. The van der Waals surface area contributed by atoms with E-state index in [1.54, 1.807) is 0 Å². The molecule has 11 heavy (non-hydrogen) atoms. The minimum Gasteiger partial charge on any atom is -0.321 e. The second-order valence-electron chi connectivity index (χ2n) is 3.61. The fourth-order valence-electron chi connectivity index (χ4n) is 0.689. The summed E-state index contributed by atoms with van der Waals surface area (Å²) in [6.07, 6.45) is 0. The molecule has 1 aromatic rings. The molecule has 0 aliphatic heterocycles. The van der Waals surface area contributed by atoms with Crippen molar-refractivity contribution in [2.24, 2.45) is 11.1 Å². The third-order valence-electron chi connectivity index (χ3n) is 1.57. The summed E-state index contributed by atoms with van der Waals surface area (Å²) >= 11 is 0. The van der Waals surface area contributed by atoms with Crippen LogP contribution in [0.4, 0.5) is 0 Å². The quantitative estimate of drug-likeness (QED) is 0.609. The van der Waals surface area contributed by atoms with Gasteiger partial charge in [-0.3, -0.25) is 0 Å². The molecule has 0 radical (unpaired) electrons. The van der Waals surface area contributed by atoms with Gasteiger partial charge in [0.05, 0.1) is 6.04 Å². The zero-order chi connectivity index (χ0) is 8.48. The van der Waals surface area contributed by atoms with Crippen molar-refractivity contribution in [3.05, 3.63) is 5.82 Å². The lowest BCUT2D eigenvalue weighted by Gasteiger charge is -2.23. The molecule has 0 saturated carbocycles. The van der Waals surface area contributed by atoms with Crippen LogP contribution in [0.25, 0.3) is 0 Å². The molecular weight excluding hydrogens is 142 g/mol. The van der Waals surface area contributed by atoms with Crippen LogP contribution in [-0.2, 0) is 0 Å². The topological polar surface area (TPSA) is 80.5 Å². The Morgan fingerprint density at radius 2 is 2.09 bits per heavy atom. The van der Waals surface area contributed by atoms with Gasteiger partial charge in [-0.25, -0.2) is 0 Å². The normalized spacial score (nSPS) is 14.9. The van der Waals surface area contributed by atoms with Crippen molar-refractivity contribution < 1.29 is 0 Å². The van der Waals surface area contributed by atoms with Crippen molar-refractivity contribution in [2.75, 3.05) is 0 Å². The number of rotatable bonds is 1. The van der Waals surface area contributed by atoms with E-state index in [9.17, 15) is 0 Å².